The summed E-state index contributed by atoms with van der Waals surface area (Å²) in [6.45, 7) is 1.52. The number of hydrogen-bond donors (Lipinski definition) is 1. The molecule has 3 aromatic rings. The maximum Gasteiger partial charge on any atom is 0.331 e. The zero-order chi connectivity index (χ0) is 21.5. The molecular formula is C24H23NO5. The Morgan fingerprint density at radius 1 is 0.867 bits per heavy atom. The molecule has 1 N–H and O–H groups in total. The lowest BCUT2D eigenvalue weighted by Gasteiger charge is -2.12. The first-order valence-electron chi connectivity index (χ1n) is 9.40. The second kappa shape index (κ2) is 9.60. The number of ether oxygens (including phenoxy) is 3. The van der Waals surface area contributed by atoms with Gasteiger partial charge in [0.2, 0.25) is 0 Å². The van der Waals surface area contributed by atoms with Crippen molar-refractivity contribution in [2.45, 2.75) is 13.0 Å². The van der Waals surface area contributed by atoms with E-state index in [1.165, 1.54) is 13.0 Å². The molecule has 3 aromatic carbocycles. The highest BCUT2D eigenvalue weighted by atomic mass is 16.5. The molecule has 0 radical (unpaired) electrons. The largest absolute Gasteiger partial charge is 0.497 e. The molecule has 0 fully saturated rings. The normalized spacial score (nSPS) is 11.8. The van der Waals surface area contributed by atoms with Crippen LogP contribution in [0.2, 0.25) is 0 Å². The Morgan fingerprint density at radius 2 is 1.50 bits per heavy atom. The quantitative estimate of drug-likeness (QED) is 0.465. The summed E-state index contributed by atoms with van der Waals surface area (Å²) >= 11 is 0. The Morgan fingerprint density at radius 3 is 2.20 bits per heavy atom. The van der Waals surface area contributed by atoms with E-state index in [0.717, 1.165) is 22.1 Å². The van der Waals surface area contributed by atoms with E-state index in [9.17, 15) is 9.59 Å². The van der Waals surface area contributed by atoms with Gasteiger partial charge in [-0.05, 0) is 71.8 Å². The van der Waals surface area contributed by atoms with Gasteiger partial charge in [0.25, 0.3) is 5.91 Å². The van der Waals surface area contributed by atoms with E-state index in [1.54, 1.807) is 44.6 Å². The molecule has 1 atom stereocenters. The molecule has 0 saturated heterocycles. The molecule has 0 aliphatic heterocycles. The van der Waals surface area contributed by atoms with Crippen molar-refractivity contribution < 1.29 is 23.8 Å². The smallest absolute Gasteiger partial charge is 0.331 e. The highest BCUT2D eigenvalue weighted by molar-refractivity contribution is 5.97. The molecule has 0 unspecified atom stereocenters. The number of esters is 1. The van der Waals surface area contributed by atoms with Gasteiger partial charge in [-0.15, -0.1) is 0 Å². The number of anilines is 1. The van der Waals surface area contributed by atoms with Crippen LogP contribution in [0.25, 0.3) is 16.8 Å². The maximum atomic E-state index is 12.2. The van der Waals surface area contributed by atoms with E-state index in [2.05, 4.69) is 5.32 Å². The predicted molar refractivity (Wildman–Crippen MR) is 117 cm³/mol. The van der Waals surface area contributed by atoms with Gasteiger partial charge in [-0.2, -0.15) is 0 Å². The van der Waals surface area contributed by atoms with Gasteiger partial charge >= 0.3 is 5.97 Å². The summed E-state index contributed by atoms with van der Waals surface area (Å²) < 4.78 is 15.5. The molecule has 0 aliphatic carbocycles. The molecule has 0 bridgehead atoms. The van der Waals surface area contributed by atoms with E-state index in [1.807, 2.05) is 36.4 Å². The van der Waals surface area contributed by atoms with Gasteiger partial charge < -0.3 is 19.5 Å². The van der Waals surface area contributed by atoms with E-state index >= 15 is 0 Å². The molecule has 0 heterocycles. The first-order chi connectivity index (χ1) is 14.5. The summed E-state index contributed by atoms with van der Waals surface area (Å²) in [7, 11) is 3.19. The van der Waals surface area contributed by atoms with Gasteiger partial charge in [0.1, 0.15) is 11.5 Å². The summed E-state index contributed by atoms with van der Waals surface area (Å²) in [5.74, 6) is 0.463. The molecule has 3 rings (SSSR count). The van der Waals surface area contributed by atoms with E-state index in [4.69, 9.17) is 14.2 Å². The lowest BCUT2D eigenvalue weighted by Crippen LogP contribution is -2.29. The summed E-state index contributed by atoms with van der Waals surface area (Å²) in [5.41, 5.74) is 1.44. The van der Waals surface area contributed by atoms with Crippen LogP contribution >= 0.6 is 0 Å². The van der Waals surface area contributed by atoms with Gasteiger partial charge in [0.05, 0.1) is 14.2 Å². The summed E-state index contributed by atoms with van der Waals surface area (Å²) in [4.78, 5) is 24.3. The lowest BCUT2D eigenvalue weighted by atomic mass is 10.1. The van der Waals surface area contributed by atoms with Crippen LogP contribution in [0.15, 0.2) is 66.7 Å². The Bertz CT molecular complexity index is 1070. The second-order valence-electron chi connectivity index (χ2n) is 6.60. The fourth-order valence-electron chi connectivity index (χ4n) is 2.82. The second-order valence-corrected chi connectivity index (χ2v) is 6.60. The highest BCUT2D eigenvalue weighted by Gasteiger charge is 2.16. The minimum Gasteiger partial charge on any atom is -0.497 e. The van der Waals surface area contributed by atoms with Crippen LogP contribution in [-0.4, -0.2) is 32.2 Å². The lowest BCUT2D eigenvalue weighted by molar-refractivity contribution is -0.148. The summed E-state index contributed by atoms with van der Waals surface area (Å²) in [6.07, 6.45) is 2.02. The van der Waals surface area contributed by atoms with Crippen LogP contribution in [-0.2, 0) is 14.3 Å². The Balaban J connectivity index is 1.57. The maximum absolute atomic E-state index is 12.2. The van der Waals surface area contributed by atoms with Gasteiger partial charge in [-0.1, -0.05) is 18.2 Å². The average molecular weight is 405 g/mol. The van der Waals surface area contributed by atoms with Gasteiger partial charge in [0, 0.05) is 11.8 Å². The van der Waals surface area contributed by atoms with Crippen LogP contribution in [0.4, 0.5) is 5.69 Å². The van der Waals surface area contributed by atoms with Gasteiger partial charge in [-0.25, -0.2) is 4.79 Å². The molecule has 6 nitrogen and oxygen atoms in total. The Labute approximate surface area is 175 Å². The molecular weight excluding hydrogens is 382 g/mol. The van der Waals surface area contributed by atoms with Crippen molar-refractivity contribution in [2.75, 3.05) is 19.5 Å². The van der Waals surface area contributed by atoms with Crippen LogP contribution in [0.3, 0.4) is 0 Å². The zero-order valence-corrected chi connectivity index (χ0v) is 17.0. The van der Waals surface area contributed by atoms with Crippen LogP contribution in [0, 0.1) is 0 Å². The van der Waals surface area contributed by atoms with Gasteiger partial charge in [-0.3, -0.25) is 4.79 Å². The van der Waals surface area contributed by atoms with Crippen molar-refractivity contribution >= 4 is 34.4 Å². The first kappa shape index (κ1) is 20.9. The summed E-state index contributed by atoms with van der Waals surface area (Å²) in [6, 6.07) is 18.5. The Kier molecular flexibility index (Phi) is 6.70. The minimum atomic E-state index is -0.937. The fourth-order valence-corrected chi connectivity index (χ4v) is 2.82. The van der Waals surface area contributed by atoms with Crippen molar-refractivity contribution in [2.24, 2.45) is 0 Å². The molecule has 0 spiro atoms. The fraction of sp³-hybridized carbons (Fsp3) is 0.167. The molecule has 0 aliphatic rings. The van der Waals surface area contributed by atoms with Crippen LogP contribution in [0.5, 0.6) is 11.5 Å². The molecule has 0 saturated carbocycles. The molecule has 0 aromatic heterocycles. The third-order valence-electron chi connectivity index (χ3n) is 4.50. The SMILES string of the molecule is COc1ccc(NC(=O)[C@@H](C)OC(=O)/C=C/c2ccc3cc(OC)ccc3c2)cc1. The number of methoxy groups -OCH3 is 2. The monoisotopic (exact) mass is 405 g/mol. The molecule has 30 heavy (non-hydrogen) atoms. The third kappa shape index (κ3) is 5.38. The number of carbonyl (C=O) groups excluding carboxylic acids is 2. The number of carbonyl (C=O) groups is 2. The average Bonchev–Trinajstić information content (AvgIpc) is 2.77. The van der Waals surface area contributed by atoms with E-state index < -0.39 is 18.0 Å². The standard InChI is InChI=1S/C24H23NO5/c1-16(24(27)25-20-8-11-21(28-2)12-9-20)30-23(26)13-5-17-4-6-19-15-22(29-3)10-7-18(19)14-17/h4-16H,1-3H3,(H,25,27)/b13-5+/t16-/m1/s1. The van der Waals surface area contributed by atoms with Crippen molar-refractivity contribution in [1.29, 1.82) is 0 Å². The van der Waals surface area contributed by atoms with E-state index in [-0.39, 0.29) is 0 Å². The number of amides is 1. The predicted octanol–water partition coefficient (Wildman–Crippen LogP) is 4.44. The minimum absolute atomic E-state index is 0.415. The topological polar surface area (TPSA) is 73.9 Å². The number of rotatable bonds is 7. The number of benzene rings is 3. The van der Waals surface area contributed by atoms with Crippen molar-refractivity contribution in [3.63, 3.8) is 0 Å². The van der Waals surface area contributed by atoms with E-state index in [0.29, 0.717) is 11.4 Å². The number of fused-ring (bicyclic) bond motifs is 1. The van der Waals surface area contributed by atoms with Crippen molar-refractivity contribution in [3.8, 4) is 11.5 Å². The first-order valence-corrected chi connectivity index (χ1v) is 9.40. The zero-order valence-electron chi connectivity index (χ0n) is 17.0. The van der Waals surface area contributed by atoms with Gasteiger partial charge in [0.15, 0.2) is 6.10 Å². The van der Waals surface area contributed by atoms with Crippen LogP contribution in [0.1, 0.15) is 12.5 Å². The molecule has 154 valence electrons. The number of hydrogen-bond acceptors (Lipinski definition) is 5. The molecule has 1 amide bonds. The van der Waals surface area contributed by atoms with Crippen molar-refractivity contribution in [1.82, 2.24) is 0 Å². The molecule has 6 heteroatoms. The highest BCUT2D eigenvalue weighted by Crippen LogP contribution is 2.22. The Hall–Kier alpha value is -3.80. The number of nitrogens with one attached hydrogen (secondary N) is 1. The summed E-state index contributed by atoms with van der Waals surface area (Å²) in [5, 5.41) is 4.76. The third-order valence-corrected chi connectivity index (χ3v) is 4.50. The van der Waals surface area contributed by atoms with Crippen molar-refractivity contribution in [3.05, 3.63) is 72.3 Å². The van der Waals surface area contributed by atoms with Crippen LogP contribution < -0.4 is 14.8 Å².